The molecular formula is C16H22N2O3. The van der Waals surface area contributed by atoms with E-state index in [2.05, 4.69) is 19.2 Å². The Labute approximate surface area is 125 Å². The molecule has 1 saturated carbocycles. The Morgan fingerprint density at radius 1 is 1.24 bits per heavy atom. The number of anilines is 1. The third-order valence-corrected chi connectivity index (χ3v) is 4.38. The van der Waals surface area contributed by atoms with Gasteiger partial charge in [-0.25, -0.2) is 4.79 Å². The zero-order valence-corrected chi connectivity index (χ0v) is 12.5. The smallest absolute Gasteiger partial charge is 0.323 e. The van der Waals surface area contributed by atoms with Gasteiger partial charge in [-0.3, -0.25) is 9.69 Å². The zero-order valence-electron chi connectivity index (χ0n) is 12.5. The summed E-state index contributed by atoms with van der Waals surface area (Å²) in [6, 6.07) is 8.67. The summed E-state index contributed by atoms with van der Waals surface area (Å²) in [4.78, 5) is 24.7. The summed E-state index contributed by atoms with van der Waals surface area (Å²) in [7, 11) is 0. The molecule has 21 heavy (non-hydrogen) atoms. The number of benzene rings is 1. The molecule has 5 heteroatoms. The van der Waals surface area contributed by atoms with E-state index in [0.717, 1.165) is 12.8 Å². The molecule has 0 bridgehead atoms. The van der Waals surface area contributed by atoms with E-state index in [1.807, 2.05) is 6.07 Å². The quantitative estimate of drug-likeness (QED) is 0.895. The first-order valence-electron chi connectivity index (χ1n) is 7.34. The Bertz CT molecular complexity index is 504. The van der Waals surface area contributed by atoms with Crippen molar-refractivity contribution in [2.75, 3.05) is 11.4 Å². The van der Waals surface area contributed by atoms with Gasteiger partial charge in [0.2, 0.25) is 0 Å². The number of carbonyl (C=O) groups is 2. The molecule has 0 spiro atoms. The fourth-order valence-corrected chi connectivity index (χ4v) is 2.83. The van der Waals surface area contributed by atoms with E-state index in [1.165, 1.54) is 4.90 Å². The van der Waals surface area contributed by atoms with Gasteiger partial charge in [0.25, 0.3) is 0 Å². The van der Waals surface area contributed by atoms with E-state index in [9.17, 15) is 9.59 Å². The highest BCUT2D eigenvalue weighted by atomic mass is 16.4. The second-order valence-electron chi connectivity index (χ2n) is 5.79. The summed E-state index contributed by atoms with van der Waals surface area (Å²) in [5.41, 5.74) is 0.594. The topological polar surface area (TPSA) is 69.6 Å². The Hall–Kier alpha value is -2.04. The van der Waals surface area contributed by atoms with Gasteiger partial charge in [-0.2, -0.15) is 0 Å². The third-order valence-electron chi connectivity index (χ3n) is 4.38. The molecule has 1 aliphatic carbocycles. The number of carboxylic acids is 1. The summed E-state index contributed by atoms with van der Waals surface area (Å²) in [6.45, 7) is 3.97. The van der Waals surface area contributed by atoms with Crippen LogP contribution in [0, 0.1) is 11.8 Å². The first kappa shape index (κ1) is 15.4. The number of para-hydroxylation sites is 1. The van der Waals surface area contributed by atoms with Crippen LogP contribution < -0.4 is 10.2 Å². The van der Waals surface area contributed by atoms with Gasteiger partial charge in [0.15, 0.2) is 0 Å². The molecule has 3 unspecified atom stereocenters. The molecule has 0 aromatic heterocycles. The van der Waals surface area contributed by atoms with Gasteiger partial charge in [-0.05, 0) is 36.8 Å². The average molecular weight is 290 g/mol. The molecule has 0 radical (unpaired) electrons. The molecule has 2 N–H and O–H groups in total. The number of nitrogens with zero attached hydrogens (tertiary/aromatic N) is 1. The van der Waals surface area contributed by atoms with Gasteiger partial charge >= 0.3 is 12.0 Å². The molecule has 1 aromatic rings. The Balaban J connectivity index is 2.10. The predicted octanol–water partition coefficient (Wildman–Crippen LogP) is 2.72. The highest BCUT2D eigenvalue weighted by molar-refractivity contribution is 5.96. The molecule has 3 atom stereocenters. The maximum atomic E-state index is 12.4. The number of rotatable bonds is 4. The van der Waals surface area contributed by atoms with Crippen LogP contribution in [0.15, 0.2) is 30.3 Å². The molecule has 2 rings (SSSR count). The van der Waals surface area contributed by atoms with Crippen LogP contribution in [0.4, 0.5) is 10.5 Å². The zero-order chi connectivity index (χ0) is 15.4. The molecule has 1 aliphatic rings. The van der Waals surface area contributed by atoms with Crippen molar-refractivity contribution in [2.24, 2.45) is 11.8 Å². The lowest BCUT2D eigenvalue weighted by atomic mass is 9.98. The largest absolute Gasteiger partial charge is 0.480 e. The number of carbonyl (C=O) groups excluding carboxylic acids is 1. The average Bonchev–Trinajstić information content (AvgIpc) is 2.77. The Morgan fingerprint density at radius 2 is 1.90 bits per heavy atom. The second-order valence-corrected chi connectivity index (χ2v) is 5.79. The fraction of sp³-hybridized carbons (Fsp3) is 0.500. The highest BCUT2D eigenvalue weighted by Gasteiger charge is 2.32. The maximum absolute atomic E-state index is 12.4. The molecular weight excluding hydrogens is 268 g/mol. The summed E-state index contributed by atoms with van der Waals surface area (Å²) in [6.07, 6.45) is 2.04. The van der Waals surface area contributed by atoms with Crippen LogP contribution in [0.25, 0.3) is 0 Å². The van der Waals surface area contributed by atoms with E-state index < -0.39 is 5.97 Å². The summed E-state index contributed by atoms with van der Waals surface area (Å²) in [5, 5.41) is 12.0. The molecule has 114 valence electrons. The lowest BCUT2D eigenvalue weighted by Gasteiger charge is -2.26. The van der Waals surface area contributed by atoms with E-state index in [4.69, 9.17) is 5.11 Å². The predicted molar refractivity (Wildman–Crippen MR) is 81.3 cm³/mol. The van der Waals surface area contributed by atoms with Crippen molar-refractivity contribution >= 4 is 17.7 Å². The van der Waals surface area contributed by atoms with Crippen molar-refractivity contribution in [1.29, 1.82) is 0 Å². The lowest BCUT2D eigenvalue weighted by molar-refractivity contribution is -0.135. The second kappa shape index (κ2) is 6.61. The van der Waals surface area contributed by atoms with Crippen LogP contribution in [0.3, 0.4) is 0 Å². The van der Waals surface area contributed by atoms with Gasteiger partial charge in [0.05, 0.1) is 0 Å². The first-order valence-corrected chi connectivity index (χ1v) is 7.34. The Kier molecular flexibility index (Phi) is 4.83. The molecule has 1 aromatic carbocycles. The van der Waals surface area contributed by atoms with Crippen LogP contribution in [-0.4, -0.2) is 29.7 Å². The van der Waals surface area contributed by atoms with Crippen LogP contribution in [-0.2, 0) is 4.79 Å². The minimum atomic E-state index is -1.03. The standard InChI is InChI=1S/C16H22N2O3/c1-11-8-9-14(12(11)2)17-16(21)18(10-15(19)20)13-6-4-3-5-7-13/h3-7,11-12,14H,8-10H2,1-2H3,(H,17,21)(H,19,20). The summed E-state index contributed by atoms with van der Waals surface area (Å²) < 4.78 is 0. The molecule has 1 fully saturated rings. The number of hydrogen-bond acceptors (Lipinski definition) is 2. The molecule has 0 saturated heterocycles. The lowest BCUT2D eigenvalue weighted by Crippen LogP contribution is -2.48. The van der Waals surface area contributed by atoms with Crippen molar-refractivity contribution in [3.05, 3.63) is 30.3 Å². The van der Waals surface area contributed by atoms with Gasteiger partial charge in [0, 0.05) is 11.7 Å². The number of carboxylic acid groups (broad SMARTS) is 1. The number of amides is 2. The number of hydrogen-bond donors (Lipinski definition) is 2. The van der Waals surface area contributed by atoms with Crippen molar-refractivity contribution in [2.45, 2.75) is 32.7 Å². The van der Waals surface area contributed by atoms with E-state index >= 15 is 0 Å². The maximum Gasteiger partial charge on any atom is 0.323 e. The van der Waals surface area contributed by atoms with Gasteiger partial charge in [0.1, 0.15) is 6.54 Å². The van der Waals surface area contributed by atoms with Crippen LogP contribution >= 0.6 is 0 Å². The highest BCUT2D eigenvalue weighted by Crippen LogP contribution is 2.31. The van der Waals surface area contributed by atoms with Crippen LogP contribution in [0.2, 0.25) is 0 Å². The minimum absolute atomic E-state index is 0.118. The monoisotopic (exact) mass is 290 g/mol. The normalized spacial score (nSPS) is 24.6. The summed E-state index contributed by atoms with van der Waals surface area (Å²) >= 11 is 0. The van der Waals surface area contributed by atoms with Gasteiger partial charge < -0.3 is 10.4 Å². The third kappa shape index (κ3) is 3.74. The molecule has 5 nitrogen and oxygen atoms in total. The van der Waals surface area contributed by atoms with Crippen LogP contribution in [0.5, 0.6) is 0 Å². The van der Waals surface area contributed by atoms with E-state index in [1.54, 1.807) is 24.3 Å². The van der Waals surface area contributed by atoms with E-state index in [-0.39, 0.29) is 18.6 Å². The van der Waals surface area contributed by atoms with Crippen molar-refractivity contribution in [1.82, 2.24) is 5.32 Å². The number of nitrogens with one attached hydrogen (secondary N) is 1. The SMILES string of the molecule is CC1CCC(NC(=O)N(CC(=O)O)c2ccccc2)C1C. The van der Waals surface area contributed by atoms with Gasteiger partial charge in [-0.1, -0.05) is 32.0 Å². The summed E-state index contributed by atoms with van der Waals surface area (Å²) in [5.74, 6) is -0.0295. The van der Waals surface area contributed by atoms with E-state index in [0.29, 0.717) is 17.5 Å². The minimum Gasteiger partial charge on any atom is -0.480 e. The number of aliphatic carboxylic acids is 1. The molecule has 2 amide bonds. The van der Waals surface area contributed by atoms with Crippen molar-refractivity contribution in [3.8, 4) is 0 Å². The molecule has 0 heterocycles. The van der Waals surface area contributed by atoms with Crippen molar-refractivity contribution < 1.29 is 14.7 Å². The fourth-order valence-electron chi connectivity index (χ4n) is 2.83. The van der Waals surface area contributed by atoms with Crippen molar-refractivity contribution in [3.63, 3.8) is 0 Å². The van der Waals surface area contributed by atoms with Crippen LogP contribution in [0.1, 0.15) is 26.7 Å². The first-order chi connectivity index (χ1) is 9.99. The Morgan fingerprint density at radius 3 is 2.43 bits per heavy atom. The number of urea groups is 1. The van der Waals surface area contributed by atoms with Gasteiger partial charge in [-0.15, -0.1) is 0 Å². The molecule has 0 aliphatic heterocycles.